The molecule has 0 bridgehead atoms. The first-order valence-corrected chi connectivity index (χ1v) is 6.82. The van der Waals surface area contributed by atoms with Gasteiger partial charge in [-0.2, -0.15) is 0 Å². The Hall–Kier alpha value is -0.610. The molecule has 0 aromatic carbocycles. The predicted molar refractivity (Wildman–Crippen MR) is 69.2 cm³/mol. The number of nitrogens with zero attached hydrogens (tertiary/aromatic N) is 2. The molecule has 0 aromatic heterocycles. The van der Waals surface area contributed by atoms with Gasteiger partial charge in [0.05, 0.1) is 0 Å². The molecule has 0 amide bonds. The number of carbonyl (C=O) groups is 1. The number of carboxylic acid groups (broad SMARTS) is 1. The Morgan fingerprint density at radius 2 is 2.12 bits per heavy atom. The summed E-state index contributed by atoms with van der Waals surface area (Å²) in [7, 11) is 0. The van der Waals surface area contributed by atoms with Gasteiger partial charge in [0.2, 0.25) is 0 Å². The van der Waals surface area contributed by atoms with Crippen LogP contribution in [-0.4, -0.2) is 60.1 Å². The van der Waals surface area contributed by atoms with Gasteiger partial charge in [0.25, 0.3) is 0 Å². The zero-order valence-electron chi connectivity index (χ0n) is 11.2. The van der Waals surface area contributed by atoms with Crippen LogP contribution in [0.4, 0.5) is 0 Å². The van der Waals surface area contributed by atoms with Gasteiger partial charge < -0.3 is 14.9 Å². The fourth-order valence-electron chi connectivity index (χ4n) is 2.59. The summed E-state index contributed by atoms with van der Waals surface area (Å²) in [5.74, 6) is -0.293. The lowest BCUT2D eigenvalue weighted by molar-refractivity contribution is -0.138. The molecule has 1 rings (SSSR count). The minimum atomic E-state index is -0.652. The SMILES string of the molecule is CCN(CC)CCN1CCCC(CC(=O)O)C1. The molecule has 0 saturated carbocycles. The lowest BCUT2D eigenvalue weighted by Crippen LogP contribution is -2.41. The summed E-state index contributed by atoms with van der Waals surface area (Å²) in [6.45, 7) is 10.9. The van der Waals surface area contributed by atoms with Gasteiger partial charge >= 0.3 is 5.97 Å². The molecule has 0 radical (unpaired) electrons. The van der Waals surface area contributed by atoms with Crippen molar-refractivity contribution >= 4 is 5.97 Å². The van der Waals surface area contributed by atoms with Gasteiger partial charge in [-0.25, -0.2) is 0 Å². The molecule has 1 aliphatic rings. The van der Waals surface area contributed by atoms with Crippen molar-refractivity contribution in [1.29, 1.82) is 0 Å². The fraction of sp³-hybridized carbons (Fsp3) is 0.923. The minimum absolute atomic E-state index is 0.335. The van der Waals surface area contributed by atoms with Gasteiger partial charge in [-0.3, -0.25) is 4.79 Å². The van der Waals surface area contributed by atoms with E-state index in [0.717, 1.165) is 52.1 Å². The summed E-state index contributed by atoms with van der Waals surface area (Å²) in [6, 6.07) is 0. The maximum atomic E-state index is 10.7. The van der Waals surface area contributed by atoms with Gasteiger partial charge in [0.15, 0.2) is 0 Å². The van der Waals surface area contributed by atoms with E-state index in [2.05, 4.69) is 23.6 Å². The van der Waals surface area contributed by atoms with Crippen LogP contribution >= 0.6 is 0 Å². The molecule has 0 aromatic rings. The Kier molecular flexibility index (Phi) is 6.52. The van der Waals surface area contributed by atoms with Crippen molar-refractivity contribution in [2.45, 2.75) is 33.1 Å². The van der Waals surface area contributed by atoms with Crippen molar-refractivity contribution in [3.05, 3.63) is 0 Å². The van der Waals surface area contributed by atoms with Crippen LogP contribution in [0, 0.1) is 5.92 Å². The molecular weight excluding hydrogens is 216 g/mol. The molecule has 1 N–H and O–H groups in total. The van der Waals surface area contributed by atoms with Crippen molar-refractivity contribution in [1.82, 2.24) is 9.80 Å². The monoisotopic (exact) mass is 242 g/mol. The average molecular weight is 242 g/mol. The van der Waals surface area contributed by atoms with E-state index in [1.807, 2.05) is 0 Å². The zero-order chi connectivity index (χ0) is 12.7. The van der Waals surface area contributed by atoms with E-state index in [0.29, 0.717) is 12.3 Å². The number of hydrogen-bond donors (Lipinski definition) is 1. The quantitative estimate of drug-likeness (QED) is 0.735. The van der Waals surface area contributed by atoms with Gasteiger partial charge in [0.1, 0.15) is 0 Å². The molecule has 1 aliphatic heterocycles. The highest BCUT2D eigenvalue weighted by atomic mass is 16.4. The second-order valence-electron chi connectivity index (χ2n) is 4.93. The summed E-state index contributed by atoms with van der Waals surface area (Å²) >= 11 is 0. The van der Waals surface area contributed by atoms with Gasteiger partial charge in [-0.15, -0.1) is 0 Å². The number of carboxylic acids is 1. The Bertz CT molecular complexity index is 229. The maximum absolute atomic E-state index is 10.7. The topological polar surface area (TPSA) is 43.8 Å². The van der Waals surface area contributed by atoms with E-state index in [9.17, 15) is 4.79 Å². The number of likely N-dealkylation sites (N-methyl/N-ethyl adjacent to an activating group) is 1. The Labute approximate surface area is 105 Å². The first-order chi connectivity index (χ1) is 8.15. The molecule has 1 fully saturated rings. The molecule has 100 valence electrons. The predicted octanol–water partition coefficient (Wildman–Crippen LogP) is 1.51. The lowest BCUT2D eigenvalue weighted by atomic mass is 9.95. The van der Waals surface area contributed by atoms with Crippen molar-refractivity contribution < 1.29 is 9.90 Å². The van der Waals surface area contributed by atoms with E-state index in [1.54, 1.807) is 0 Å². The third kappa shape index (κ3) is 5.50. The van der Waals surface area contributed by atoms with Crippen LogP contribution in [0.1, 0.15) is 33.1 Å². The molecule has 1 atom stereocenters. The smallest absolute Gasteiger partial charge is 0.303 e. The maximum Gasteiger partial charge on any atom is 0.303 e. The third-order valence-electron chi connectivity index (χ3n) is 3.69. The van der Waals surface area contributed by atoms with Gasteiger partial charge in [0, 0.05) is 26.1 Å². The van der Waals surface area contributed by atoms with Gasteiger partial charge in [-0.05, 0) is 38.4 Å². The number of hydrogen-bond acceptors (Lipinski definition) is 3. The van der Waals surface area contributed by atoms with E-state index in [-0.39, 0.29) is 0 Å². The van der Waals surface area contributed by atoms with Crippen LogP contribution in [0.2, 0.25) is 0 Å². The van der Waals surface area contributed by atoms with Crippen molar-refractivity contribution in [2.24, 2.45) is 5.92 Å². The average Bonchev–Trinajstić information content (AvgIpc) is 2.30. The highest BCUT2D eigenvalue weighted by molar-refractivity contribution is 5.67. The number of likely N-dealkylation sites (tertiary alicyclic amines) is 1. The summed E-state index contributed by atoms with van der Waals surface area (Å²) < 4.78 is 0. The van der Waals surface area contributed by atoms with E-state index < -0.39 is 5.97 Å². The molecule has 0 spiro atoms. The lowest BCUT2D eigenvalue weighted by Gasteiger charge is -2.33. The Balaban J connectivity index is 2.26. The number of aliphatic carboxylic acids is 1. The van der Waals surface area contributed by atoms with Crippen molar-refractivity contribution in [2.75, 3.05) is 39.3 Å². The first kappa shape index (κ1) is 14.5. The molecule has 4 heteroatoms. The highest BCUT2D eigenvalue weighted by Gasteiger charge is 2.21. The van der Waals surface area contributed by atoms with Gasteiger partial charge in [-0.1, -0.05) is 13.8 Å². The van der Waals surface area contributed by atoms with Crippen LogP contribution in [0.25, 0.3) is 0 Å². The second kappa shape index (κ2) is 7.67. The molecule has 1 unspecified atom stereocenters. The molecule has 17 heavy (non-hydrogen) atoms. The summed E-state index contributed by atoms with van der Waals surface area (Å²) in [4.78, 5) is 15.5. The molecule has 0 aliphatic carbocycles. The normalized spacial score (nSPS) is 21.9. The van der Waals surface area contributed by atoms with Crippen LogP contribution in [0.3, 0.4) is 0 Å². The molecular formula is C13H26N2O2. The van der Waals surface area contributed by atoms with Crippen LogP contribution < -0.4 is 0 Å². The van der Waals surface area contributed by atoms with Crippen LogP contribution in [-0.2, 0) is 4.79 Å². The Morgan fingerprint density at radius 3 is 2.71 bits per heavy atom. The Morgan fingerprint density at radius 1 is 1.41 bits per heavy atom. The summed E-state index contributed by atoms with van der Waals surface area (Å²) in [5.41, 5.74) is 0. The molecule has 1 heterocycles. The largest absolute Gasteiger partial charge is 0.481 e. The second-order valence-corrected chi connectivity index (χ2v) is 4.93. The third-order valence-corrected chi connectivity index (χ3v) is 3.69. The fourth-order valence-corrected chi connectivity index (χ4v) is 2.59. The summed E-state index contributed by atoms with van der Waals surface area (Å²) in [6.07, 6.45) is 2.56. The minimum Gasteiger partial charge on any atom is -0.481 e. The molecule has 4 nitrogen and oxygen atoms in total. The standard InChI is InChI=1S/C13H26N2O2/c1-3-14(4-2)8-9-15-7-5-6-12(11-15)10-13(16)17/h12H,3-11H2,1-2H3,(H,16,17). The first-order valence-electron chi connectivity index (χ1n) is 6.82. The van der Waals surface area contributed by atoms with Crippen molar-refractivity contribution in [3.63, 3.8) is 0 Å². The van der Waals surface area contributed by atoms with E-state index in [1.165, 1.54) is 0 Å². The highest BCUT2D eigenvalue weighted by Crippen LogP contribution is 2.19. The van der Waals surface area contributed by atoms with E-state index >= 15 is 0 Å². The van der Waals surface area contributed by atoms with Crippen LogP contribution in [0.15, 0.2) is 0 Å². The molecule has 1 saturated heterocycles. The number of piperidine rings is 1. The van der Waals surface area contributed by atoms with Crippen molar-refractivity contribution in [3.8, 4) is 0 Å². The van der Waals surface area contributed by atoms with Crippen LogP contribution in [0.5, 0.6) is 0 Å². The number of rotatable bonds is 7. The summed E-state index contributed by atoms with van der Waals surface area (Å²) in [5, 5.41) is 8.82. The zero-order valence-corrected chi connectivity index (χ0v) is 11.2. The van der Waals surface area contributed by atoms with E-state index in [4.69, 9.17) is 5.11 Å².